The third kappa shape index (κ3) is 1.48. The average Bonchev–Trinajstić information content (AvgIpc) is 2.10. The third-order valence-corrected chi connectivity index (χ3v) is 3.41. The van der Waals surface area contributed by atoms with Crippen LogP contribution in [0.2, 0.25) is 0 Å². The fourth-order valence-electron chi connectivity index (χ4n) is 2.63. The first-order valence-electron chi connectivity index (χ1n) is 5.23. The van der Waals surface area contributed by atoms with E-state index in [1.807, 2.05) is 0 Å². The van der Waals surface area contributed by atoms with Crippen molar-refractivity contribution in [2.24, 2.45) is 5.41 Å². The first-order valence-corrected chi connectivity index (χ1v) is 5.23. The summed E-state index contributed by atoms with van der Waals surface area (Å²) in [5, 5.41) is 28.6. The molecule has 2 rings (SSSR count). The van der Waals surface area contributed by atoms with Crippen molar-refractivity contribution >= 4 is 0 Å². The molecule has 0 saturated carbocycles. The van der Waals surface area contributed by atoms with Crippen molar-refractivity contribution in [3.63, 3.8) is 0 Å². The maximum absolute atomic E-state index is 13.7. The van der Waals surface area contributed by atoms with E-state index in [2.05, 4.69) is 0 Å². The molecule has 0 aromatic rings. The monoisotopic (exact) mass is 238 g/mol. The maximum atomic E-state index is 13.7. The standard InChI is InChI=1S/C10H16F2O4/c1-8(2)3-5-6(13)7(14)10(11,12)9(15,4-8)16-5/h5-7,13-15H,3-4H2,1-2H3/t5-,6-,7-,9+/m1/s1. The van der Waals surface area contributed by atoms with E-state index < -0.39 is 35.4 Å². The van der Waals surface area contributed by atoms with Gasteiger partial charge in [0, 0.05) is 6.42 Å². The van der Waals surface area contributed by atoms with Gasteiger partial charge in [0.05, 0.1) is 6.10 Å². The van der Waals surface area contributed by atoms with Gasteiger partial charge in [0.15, 0.2) is 6.10 Å². The predicted molar refractivity (Wildman–Crippen MR) is 49.8 cm³/mol. The first-order chi connectivity index (χ1) is 7.09. The molecule has 0 spiro atoms. The predicted octanol–water partition coefficient (Wildman–Crippen LogP) is 0.251. The molecule has 94 valence electrons. The Kier molecular flexibility index (Phi) is 2.38. The van der Waals surface area contributed by atoms with Gasteiger partial charge in [-0.2, -0.15) is 8.78 Å². The Balaban J connectivity index is 2.40. The quantitative estimate of drug-likeness (QED) is 0.566. The number of hydrogen-bond donors (Lipinski definition) is 3. The second-order valence-electron chi connectivity index (χ2n) is 5.54. The third-order valence-electron chi connectivity index (χ3n) is 3.41. The lowest BCUT2D eigenvalue weighted by molar-refractivity contribution is -0.426. The highest BCUT2D eigenvalue weighted by Gasteiger charge is 2.69. The highest BCUT2D eigenvalue weighted by Crippen LogP contribution is 2.52. The van der Waals surface area contributed by atoms with Gasteiger partial charge >= 0.3 is 5.92 Å². The summed E-state index contributed by atoms with van der Waals surface area (Å²) in [6.45, 7) is 3.43. The summed E-state index contributed by atoms with van der Waals surface area (Å²) in [6, 6.07) is 0. The first kappa shape index (κ1) is 12.2. The summed E-state index contributed by atoms with van der Waals surface area (Å²) in [5.41, 5.74) is -0.567. The molecule has 0 amide bonds. The summed E-state index contributed by atoms with van der Waals surface area (Å²) in [6.07, 6.45) is -4.86. The average molecular weight is 238 g/mol. The van der Waals surface area contributed by atoms with Crippen LogP contribution in [0, 0.1) is 5.41 Å². The zero-order chi connectivity index (χ0) is 12.4. The lowest BCUT2D eigenvalue weighted by Gasteiger charge is -2.54. The largest absolute Gasteiger partial charge is 0.387 e. The molecule has 4 atom stereocenters. The van der Waals surface area contributed by atoms with Gasteiger partial charge in [-0.25, -0.2) is 0 Å². The molecule has 2 aliphatic rings. The van der Waals surface area contributed by atoms with Crippen molar-refractivity contribution < 1.29 is 28.8 Å². The van der Waals surface area contributed by atoms with Crippen LogP contribution in [0.25, 0.3) is 0 Å². The normalized spacial score (nSPS) is 50.1. The van der Waals surface area contributed by atoms with Crippen molar-refractivity contribution in [1.82, 2.24) is 0 Å². The minimum Gasteiger partial charge on any atom is -0.387 e. The molecular weight excluding hydrogens is 222 g/mol. The number of alkyl halides is 2. The summed E-state index contributed by atoms with van der Waals surface area (Å²) >= 11 is 0. The van der Waals surface area contributed by atoms with Crippen LogP contribution in [-0.2, 0) is 4.74 Å². The van der Waals surface area contributed by atoms with Crippen molar-refractivity contribution in [1.29, 1.82) is 0 Å². The number of halogens is 2. The Morgan fingerprint density at radius 3 is 2.38 bits per heavy atom. The van der Waals surface area contributed by atoms with E-state index >= 15 is 0 Å². The van der Waals surface area contributed by atoms with Crippen LogP contribution in [0.5, 0.6) is 0 Å². The molecule has 0 unspecified atom stereocenters. The van der Waals surface area contributed by atoms with Crippen LogP contribution < -0.4 is 0 Å². The van der Waals surface area contributed by atoms with Crippen molar-refractivity contribution in [2.45, 2.75) is 56.7 Å². The van der Waals surface area contributed by atoms with Gasteiger partial charge < -0.3 is 20.1 Å². The van der Waals surface area contributed by atoms with E-state index in [1.54, 1.807) is 13.8 Å². The summed E-state index contributed by atoms with van der Waals surface area (Å²) < 4.78 is 32.2. The van der Waals surface area contributed by atoms with Crippen LogP contribution in [0.15, 0.2) is 0 Å². The second kappa shape index (κ2) is 3.13. The second-order valence-corrected chi connectivity index (χ2v) is 5.54. The Labute approximate surface area is 91.8 Å². The molecule has 2 fully saturated rings. The van der Waals surface area contributed by atoms with Gasteiger partial charge in [-0.1, -0.05) is 13.8 Å². The van der Waals surface area contributed by atoms with Crippen LogP contribution in [0.3, 0.4) is 0 Å². The molecule has 3 N–H and O–H groups in total. The molecule has 2 heterocycles. The molecule has 2 saturated heterocycles. The molecule has 0 aromatic carbocycles. The van der Waals surface area contributed by atoms with Crippen molar-refractivity contribution in [3.05, 3.63) is 0 Å². The number of ether oxygens (including phenoxy) is 1. The van der Waals surface area contributed by atoms with Crippen LogP contribution in [0.1, 0.15) is 26.7 Å². The van der Waals surface area contributed by atoms with E-state index in [0.717, 1.165) is 0 Å². The number of fused-ring (bicyclic) bond motifs is 2. The minimum absolute atomic E-state index is 0.271. The van der Waals surface area contributed by atoms with Crippen molar-refractivity contribution in [3.8, 4) is 0 Å². The smallest absolute Gasteiger partial charge is 0.328 e. The zero-order valence-electron chi connectivity index (χ0n) is 9.15. The van der Waals surface area contributed by atoms with E-state index in [1.165, 1.54) is 0 Å². The van der Waals surface area contributed by atoms with E-state index in [-0.39, 0.29) is 6.42 Å². The Morgan fingerprint density at radius 2 is 1.81 bits per heavy atom. The summed E-state index contributed by atoms with van der Waals surface area (Å²) in [4.78, 5) is 0. The minimum atomic E-state index is -3.86. The number of aliphatic hydroxyl groups excluding tert-OH is 2. The molecule has 0 aromatic heterocycles. The lowest BCUT2D eigenvalue weighted by atomic mass is 9.70. The van der Waals surface area contributed by atoms with Crippen LogP contribution in [0.4, 0.5) is 8.78 Å². The number of hydrogen-bond acceptors (Lipinski definition) is 4. The maximum Gasteiger partial charge on any atom is 0.328 e. The summed E-state index contributed by atoms with van der Waals surface area (Å²) in [5.74, 6) is -6.54. The number of rotatable bonds is 0. The molecule has 0 radical (unpaired) electrons. The SMILES string of the molecule is CC1(C)C[C@H]2O[C@@](O)(C1)C(F)(F)[C@H](O)[C@@H]2O. The van der Waals surface area contributed by atoms with Crippen molar-refractivity contribution in [2.75, 3.05) is 0 Å². The Morgan fingerprint density at radius 1 is 1.25 bits per heavy atom. The molecule has 2 bridgehead atoms. The van der Waals surface area contributed by atoms with Gasteiger partial charge in [-0.05, 0) is 11.8 Å². The lowest BCUT2D eigenvalue weighted by Crippen LogP contribution is -2.72. The Bertz CT molecular complexity index is 307. The molecule has 4 nitrogen and oxygen atoms in total. The zero-order valence-corrected chi connectivity index (χ0v) is 9.15. The Hall–Kier alpha value is -0.300. The topological polar surface area (TPSA) is 69.9 Å². The fourth-order valence-corrected chi connectivity index (χ4v) is 2.63. The molecule has 2 aliphatic heterocycles. The van der Waals surface area contributed by atoms with E-state index in [9.17, 15) is 24.1 Å². The molecule has 6 heteroatoms. The highest BCUT2D eigenvalue weighted by atomic mass is 19.3. The van der Waals surface area contributed by atoms with E-state index in [4.69, 9.17) is 4.74 Å². The van der Waals surface area contributed by atoms with Gasteiger partial charge in [0.25, 0.3) is 0 Å². The van der Waals surface area contributed by atoms with Gasteiger partial charge in [-0.3, -0.25) is 0 Å². The number of aliphatic hydroxyl groups is 3. The van der Waals surface area contributed by atoms with Crippen LogP contribution in [-0.4, -0.2) is 45.3 Å². The van der Waals surface area contributed by atoms with Gasteiger partial charge in [0.2, 0.25) is 5.79 Å². The van der Waals surface area contributed by atoms with Crippen LogP contribution >= 0.6 is 0 Å². The molecule has 16 heavy (non-hydrogen) atoms. The molecule has 0 aliphatic carbocycles. The highest BCUT2D eigenvalue weighted by molar-refractivity contribution is 5.07. The molecular formula is C10H16F2O4. The van der Waals surface area contributed by atoms with Gasteiger partial charge in [0.1, 0.15) is 6.10 Å². The summed E-state index contributed by atoms with van der Waals surface area (Å²) in [7, 11) is 0. The van der Waals surface area contributed by atoms with Gasteiger partial charge in [-0.15, -0.1) is 0 Å². The fraction of sp³-hybridized carbons (Fsp3) is 1.00. The van der Waals surface area contributed by atoms with E-state index in [0.29, 0.717) is 6.42 Å².